The molecule has 4 rings (SSSR count). The largest absolute Gasteiger partial charge is 0.379 e. The molecule has 0 aliphatic carbocycles. The molecule has 4 heterocycles. The number of fused-ring (bicyclic) bond motifs is 1. The molecule has 132 valence electrons. The zero-order valence-corrected chi connectivity index (χ0v) is 16.4. The van der Waals surface area contributed by atoms with E-state index in [1.807, 2.05) is 12.1 Å². The van der Waals surface area contributed by atoms with Crippen molar-refractivity contribution in [3.8, 4) is 0 Å². The highest BCUT2D eigenvalue weighted by atomic mass is 35.5. The summed E-state index contributed by atoms with van der Waals surface area (Å²) in [5.41, 5.74) is 7.90. The maximum atomic E-state index is 6.63. The van der Waals surface area contributed by atoms with E-state index in [2.05, 4.69) is 21.7 Å². The Balaban J connectivity index is 1.72. The van der Waals surface area contributed by atoms with E-state index in [0.29, 0.717) is 22.3 Å². The number of anilines is 1. The van der Waals surface area contributed by atoms with Crippen molar-refractivity contribution in [3.63, 3.8) is 0 Å². The molecule has 0 bridgehead atoms. The molecule has 0 aromatic carbocycles. The number of ether oxygens (including phenoxy) is 1. The van der Waals surface area contributed by atoms with Gasteiger partial charge in [-0.1, -0.05) is 29.3 Å². The zero-order chi connectivity index (χ0) is 17.4. The number of hydrogen-bond donors (Lipinski definition) is 2. The SMILES string of the molecule is N[C@H]1CCCO[C@@H]1c1sc2c(NCc3cccs3)cc(Cl)nc2c1Cl. The second-order valence-electron chi connectivity index (χ2n) is 5.98. The molecule has 0 unspecified atom stereocenters. The van der Waals surface area contributed by atoms with E-state index < -0.39 is 0 Å². The number of nitrogens with one attached hydrogen (secondary N) is 1. The topological polar surface area (TPSA) is 60.2 Å². The molecule has 0 saturated carbocycles. The van der Waals surface area contributed by atoms with Crippen LogP contribution in [0.5, 0.6) is 0 Å². The average molecular weight is 414 g/mol. The van der Waals surface area contributed by atoms with Crippen LogP contribution in [0.15, 0.2) is 23.6 Å². The molecule has 1 aliphatic heterocycles. The van der Waals surface area contributed by atoms with Gasteiger partial charge in [-0.15, -0.1) is 22.7 Å². The Bertz CT molecular complexity index is 882. The van der Waals surface area contributed by atoms with Gasteiger partial charge in [-0.3, -0.25) is 0 Å². The quantitative estimate of drug-likeness (QED) is 0.557. The molecule has 0 amide bonds. The molecular formula is C17H17Cl2N3OS2. The molecule has 8 heteroatoms. The number of thiophene rings is 2. The predicted octanol–water partition coefficient (Wildman–Crippen LogP) is 5.46. The first-order valence-electron chi connectivity index (χ1n) is 8.05. The summed E-state index contributed by atoms with van der Waals surface area (Å²) >= 11 is 16.2. The van der Waals surface area contributed by atoms with Crippen LogP contribution in [0, 0.1) is 0 Å². The second-order valence-corrected chi connectivity index (χ2v) is 8.83. The smallest absolute Gasteiger partial charge is 0.131 e. The standard InChI is InChI=1S/C17H17Cl2N3OS2/c18-12-7-11(21-8-9-3-2-6-24-9)16-14(22-12)13(19)17(25-16)15-10(20)4-1-5-23-15/h2-3,6-7,10,15H,1,4-5,8,20H2,(H,21,22)/t10-,15-/m0/s1. The maximum Gasteiger partial charge on any atom is 0.131 e. The van der Waals surface area contributed by atoms with Crippen molar-refractivity contribution in [2.24, 2.45) is 5.73 Å². The van der Waals surface area contributed by atoms with E-state index in [4.69, 9.17) is 33.7 Å². The fourth-order valence-corrected chi connectivity index (χ4v) is 5.51. The monoisotopic (exact) mass is 413 g/mol. The minimum absolute atomic E-state index is 0.0442. The van der Waals surface area contributed by atoms with Crippen molar-refractivity contribution >= 4 is 61.8 Å². The Kier molecular flexibility index (Phi) is 5.18. The van der Waals surface area contributed by atoms with Crippen LogP contribution in [0.4, 0.5) is 5.69 Å². The van der Waals surface area contributed by atoms with Crippen molar-refractivity contribution in [1.82, 2.24) is 4.98 Å². The van der Waals surface area contributed by atoms with Crippen molar-refractivity contribution < 1.29 is 4.74 Å². The third kappa shape index (κ3) is 3.52. The summed E-state index contributed by atoms with van der Waals surface area (Å²) < 4.78 is 6.89. The van der Waals surface area contributed by atoms with Crippen LogP contribution < -0.4 is 11.1 Å². The minimum atomic E-state index is -0.177. The van der Waals surface area contributed by atoms with Crippen LogP contribution in [-0.4, -0.2) is 17.6 Å². The fourth-order valence-electron chi connectivity index (χ4n) is 3.01. The first-order valence-corrected chi connectivity index (χ1v) is 10.5. The summed E-state index contributed by atoms with van der Waals surface area (Å²) in [6, 6.07) is 5.94. The number of nitrogens with zero attached hydrogens (tertiary/aromatic N) is 1. The van der Waals surface area contributed by atoms with E-state index >= 15 is 0 Å². The summed E-state index contributed by atoms with van der Waals surface area (Å²) in [6.07, 6.45) is 1.74. The van der Waals surface area contributed by atoms with Gasteiger partial charge in [0.25, 0.3) is 0 Å². The van der Waals surface area contributed by atoms with E-state index in [1.54, 1.807) is 22.7 Å². The lowest BCUT2D eigenvalue weighted by atomic mass is 10.0. The van der Waals surface area contributed by atoms with Gasteiger partial charge in [0, 0.05) is 30.1 Å². The van der Waals surface area contributed by atoms with E-state index in [1.165, 1.54) is 4.88 Å². The molecular weight excluding hydrogens is 397 g/mol. The third-order valence-electron chi connectivity index (χ3n) is 4.24. The predicted molar refractivity (Wildman–Crippen MR) is 107 cm³/mol. The Morgan fingerprint density at radius 3 is 3.04 bits per heavy atom. The fraction of sp³-hybridized carbons (Fsp3) is 0.353. The van der Waals surface area contributed by atoms with Crippen LogP contribution in [0.3, 0.4) is 0 Å². The summed E-state index contributed by atoms with van der Waals surface area (Å²) in [6.45, 7) is 1.44. The van der Waals surface area contributed by atoms with Gasteiger partial charge in [0.15, 0.2) is 0 Å². The minimum Gasteiger partial charge on any atom is -0.379 e. The zero-order valence-electron chi connectivity index (χ0n) is 13.3. The Hall–Kier alpha value is -0.890. The van der Waals surface area contributed by atoms with Crippen molar-refractivity contribution in [3.05, 3.63) is 43.5 Å². The van der Waals surface area contributed by atoms with Gasteiger partial charge in [-0.05, 0) is 24.3 Å². The maximum absolute atomic E-state index is 6.63. The molecule has 4 nitrogen and oxygen atoms in total. The number of aromatic nitrogens is 1. The van der Waals surface area contributed by atoms with Crippen molar-refractivity contribution in [1.29, 1.82) is 0 Å². The lowest BCUT2D eigenvalue weighted by Crippen LogP contribution is -2.34. The van der Waals surface area contributed by atoms with Crippen molar-refractivity contribution in [2.75, 3.05) is 11.9 Å². The first kappa shape index (κ1) is 17.5. The molecule has 1 fully saturated rings. The van der Waals surface area contributed by atoms with Crippen LogP contribution >= 0.6 is 45.9 Å². The Morgan fingerprint density at radius 2 is 2.28 bits per heavy atom. The molecule has 2 atom stereocenters. The molecule has 3 N–H and O–H groups in total. The van der Waals surface area contributed by atoms with Gasteiger partial charge in [0.2, 0.25) is 0 Å². The molecule has 1 saturated heterocycles. The Morgan fingerprint density at radius 1 is 1.40 bits per heavy atom. The highest BCUT2D eigenvalue weighted by Gasteiger charge is 2.30. The van der Waals surface area contributed by atoms with Crippen molar-refractivity contribution in [2.45, 2.75) is 31.5 Å². The van der Waals surface area contributed by atoms with Crippen LogP contribution in [0.25, 0.3) is 10.2 Å². The molecule has 3 aromatic heterocycles. The van der Waals surface area contributed by atoms with Gasteiger partial charge >= 0.3 is 0 Å². The van der Waals surface area contributed by atoms with E-state index in [-0.39, 0.29) is 12.1 Å². The summed E-state index contributed by atoms with van der Waals surface area (Å²) in [5, 5.41) is 6.53. The summed E-state index contributed by atoms with van der Waals surface area (Å²) in [4.78, 5) is 6.63. The number of halogens is 2. The molecule has 1 aliphatic rings. The third-order valence-corrected chi connectivity index (χ3v) is 7.08. The normalized spacial score (nSPS) is 20.9. The molecule has 3 aromatic rings. The van der Waals surface area contributed by atoms with Gasteiger partial charge in [-0.2, -0.15) is 0 Å². The molecule has 0 radical (unpaired) electrons. The van der Waals surface area contributed by atoms with Gasteiger partial charge in [0.05, 0.1) is 20.3 Å². The first-order chi connectivity index (χ1) is 12.1. The van der Waals surface area contributed by atoms with Crippen LogP contribution in [0.2, 0.25) is 10.2 Å². The highest BCUT2D eigenvalue weighted by molar-refractivity contribution is 7.20. The average Bonchev–Trinajstić information content (AvgIpc) is 3.22. The lowest BCUT2D eigenvalue weighted by molar-refractivity contribution is 0.00244. The number of nitrogens with two attached hydrogens (primary N) is 1. The lowest BCUT2D eigenvalue weighted by Gasteiger charge is -2.28. The van der Waals surface area contributed by atoms with Gasteiger partial charge < -0.3 is 15.8 Å². The van der Waals surface area contributed by atoms with Gasteiger partial charge in [-0.25, -0.2) is 4.98 Å². The Labute approximate surface area is 163 Å². The van der Waals surface area contributed by atoms with Crippen LogP contribution in [-0.2, 0) is 11.3 Å². The van der Waals surface area contributed by atoms with E-state index in [9.17, 15) is 0 Å². The van der Waals surface area contributed by atoms with E-state index in [0.717, 1.165) is 34.7 Å². The number of rotatable bonds is 4. The highest BCUT2D eigenvalue weighted by Crippen LogP contribution is 2.45. The molecule has 25 heavy (non-hydrogen) atoms. The molecule has 0 spiro atoms. The van der Waals surface area contributed by atoms with Crippen LogP contribution in [0.1, 0.15) is 28.7 Å². The number of hydrogen-bond acceptors (Lipinski definition) is 6. The summed E-state index contributed by atoms with van der Waals surface area (Å²) in [5.74, 6) is 0. The summed E-state index contributed by atoms with van der Waals surface area (Å²) in [7, 11) is 0. The second kappa shape index (κ2) is 7.39. The van der Waals surface area contributed by atoms with Gasteiger partial charge in [0.1, 0.15) is 16.8 Å². The number of pyridine rings is 1.